The topological polar surface area (TPSA) is 40.1 Å². The molecule has 2 aliphatic rings. The first-order valence-electron chi connectivity index (χ1n) is 9.78. The molecule has 1 unspecified atom stereocenters. The minimum absolute atomic E-state index is 0. The van der Waals surface area contributed by atoms with Gasteiger partial charge in [0.25, 0.3) is 0 Å². The van der Waals surface area contributed by atoms with E-state index in [4.69, 9.17) is 21.3 Å². The van der Waals surface area contributed by atoms with Gasteiger partial charge in [-0.25, -0.2) is 0 Å². The molecule has 1 atom stereocenters. The number of ether oxygens (including phenoxy) is 1. The number of thioether (sulfide) groups is 1. The van der Waals surface area contributed by atoms with E-state index >= 15 is 0 Å². The molecule has 2 heterocycles. The molecule has 5 nitrogen and oxygen atoms in total. The maximum atomic E-state index is 6.35. The molecule has 0 amide bonds. The molecule has 2 aliphatic heterocycles. The number of aliphatic imine (C=N–C) groups is 1. The Hall–Kier alpha value is -0.220. The van der Waals surface area contributed by atoms with Crippen molar-refractivity contribution in [3.05, 3.63) is 34.9 Å². The second kappa shape index (κ2) is 11.8. The molecule has 2 fully saturated rings. The number of rotatable bonds is 6. The summed E-state index contributed by atoms with van der Waals surface area (Å²) in [6.07, 6.45) is 1.20. The van der Waals surface area contributed by atoms with Crippen LogP contribution in [-0.4, -0.2) is 79.2 Å². The Morgan fingerprint density at radius 3 is 2.75 bits per heavy atom. The van der Waals surface area contributed by atoms with Crippen LogP contribution < -0.4 is 5.32 Å². The van der Waals surface area contributed by atoms with Gasteiger partial charge in [0.05, 0.1) is 25.3 Å². The second-order valence-electron chi connectivity index (χ2n) is 7.24. The van der Waals surface area contributed by atoms with Crippen molar-refractivity contribution >= 4 is 53.3 Å². The number of benzene rings is 1. The summed E-state index contributed by atoms with van der Waals surface area (Å²) in [5.74, 6) is 3.32. The van der Waals surface area contributed by atoms with Gasteiger partial charge in [-0.3, -0.25) is 9.89 Å². The van der Waals surface area contributed by atoms with E-state index in [1.807, 2.05) is 30.0 Å². The Morgan fingerprint density at radius 2 is 2.11 bits per heavy atom. The third-order valence-electron chi connectivity index (χ3n) is 5.35. The van der Waals surface area contributed by atoms with Crippen molar-refractivity contribution in [2.24, 2.45) is 4.99 Å². The first-order valence-corrected chi connectivity index (χ1v) is 11.3. The van der Waals surface area contributed by atoms with Crippen molar-refractivity contribution in [3.8, 4) is 0 Å². The van der Waals surface area contributed by atoms with Crippen LogP contribution in [0.4, 0.5) is 0 Å². The van der Waals surface area contributed by atoms with Crippen molar-refractivity contribution in [3.63, 3.8) is 0 Å². The first kappa shape index (κ1) is 24.1. The molecule has 8 heteroatoms. The summed E-state index contributed by atoms with van der Waals surface area (Å²) < 4.78 is 5.57. The second-order valence-corrected chi connectivity index (χ2v) is 8.76. The van der Waals surface area contributed by atoms with Crippen LogP contribution in [0, 0.1) is 0 Å². The smallest absolute Gasteiger partial charge is 0.194 e. The van der Waals surface area contributed by atoms with E-state index in [2.05, 4.69) is 35.2 Å². The zero-order valence-electron chi connectivity index (χ0n) is 16.8. The Morgan fingerprint density at radius 1 is 1.36 bits per heavy atom. The molecule has 3 rings (SSSR count). The molecule has 158 valence electrons. The summed E-state index contributed by atoms with van der Waals surface area (Å²) in [5.41, 5.74) is 1.28. The first-order chi connectivity index (χ1) is 13.1. The fourth-order valence-electron chi connectivity index (χ4n) is 3.76. The molecule has 0 radical (unpaired) electrons. The fraction of sp³-hybridized carbons (Fsp3) is 0.650. The molecule has 0 saturated carbocycles. The predicted molar refractivity (Wildman–Crippen MR) is 131 cm³/mol. The molecule has 0 aromatic heterocycles. The van der Waals surface area contributed by atoms with Crippen LogP contribution >= 0.6 is 47.3 Å². The van der Waals surface area contributed by atoms with Crippen molar-refractivity contribution in [2.45, 2.75) is 25.4 Å². The molecule has 0 spiro atoms. The van der Waals surface area contributed by atoms with Crippen LogP contribution in [0.5, 0.6) is 0 Å². The van der Waals surface area contributed by atoms with Gasteiger partial charge < -0.3 is 15.0 Å². The molecular formula is C20H32ClIN4OS. The largest absolute Gasteiger partial charge is 0.379 e. The molecule has 1 aromatic rings. The third-order valence-corrected chi connectivity index (χ3v) is 6.95. The lowest BCUT2D eigenvalue weighted by molar-refractivity contribution is -0.0105. The lowest BCUT2D eigenvalue weighted by Gasteiger charge is -2.42. The Balaban J connectivity index is 0.00000280. The number of nitrogens with zero attached hydrogens (tertiary/aromatic N) is 3. The van der Waals surface area contributed by atoms with Crippen molar-refractivity contribution < 1.29 is 4.74 Å². The van der Waals surface area contributed by atoms with E-state index < -0.39 is 0 Å². The number of halogens is 2. The molecule has 28 heavy (non-hydrogen) atoms. The number of guanidine groups is 1. The molecule has 1 aromatic carbocycles. The van der Waals surface area contributed by atoms with Gasteiger partial charge in [-0.1, -0.05) is 29.8 Å². The molecule has 2 saturated heterocycles. The quantitative estimate of drug-likeness (QED) is 0.341. The van der Waals surface area contributed by atoms with Crippen LogP contribution in [0.3, 0.4) is 0 Å². The molecule has 0 bridgehead atoms. The van der Waals surface area contributed by atoms with E-state index in [1.54, 1.807) is 0 Å². The highest BCUT2D eigenvalue weighted by Gasteiger charge is 2.40. The normalized spacial score (nSPS) is 23.3. The highest BCUT2D eigenvalue weighted by molar-refractivity contribution is 14.0. The maximum absolute atomic E-state index is 6.35. The molecule has 1 N–H and O–H groups in total. The van der Waals surface area contributed by atoms with Gasteiger partial charge in [-0.05, 0) is 30.7 Å². The molecule has 0 aliphatic carbocycles. The van der Waals surface area contributed by atoms with E-state index in [0.29, 0.717) is 0 Å². The van der Waals surface area contributed by atoms with E-state index in [0.717, 1.165) is 68.2 Å². The van der Waals surface area contributed by atoms with Gasteiger partial charge in [-0.15, -0.1) is 24.0 Å². The lowest BCUT2D eigenvalue weighted by Crippen LogP contribution is -2.56. The molecular weight excluding hydrogens is 507 g/mol. The van der Waals surface area contributed by atoms with Crippen LogP contribution in [0.25, 0.3) is 0 Å². The van der Waals surface area contributed by atoms with Crippen molar-refractivity contribution in [1.82, 2.24) is 15.1 Å². The summed E-state index contributed by atoms with van der Waals surface area (Å²) in [7, 11) is 2.08. The third kappa shape index (κ3) is 6.14. The highest BCUT2D eigenvalue weighted by atomic mass is 127. The minimum atomic E-state index is 0. The standard InChI is InChI=1S/C20H31ClN4OS.HI/c1-3-22-19(24(2)14-17-6-4-5-7-18(17)21)23-15-20(8-13-27-16-20)25-9-11-26-12-10-25;/h4-7H,3,8-16H2,1-2H3,(H,22,23);1H. The van der Waals surface area contributed by atoms with Gasteiger partial charge in [-0.2, -0.15) is 11.8 Å². The van der Waals surface area contributed by atoms with E-state index in [-0.39, 0.29) is 29.5 Å². The summed E-state index contributed by atoms with van der Waals surface area (Å²) in [6, 6.07) is 8.01. The zero-order chi connectivity index (χ0) is 19.1. The Labute approximate surface area is 195 Å². The Kier molecular flexibility index (Phi) is 10.2. The van der Waals surface area contributed by atoms with Gasteiger partial charge in [0.2, 0.25) is 0 Å². The van der Waals surface area contributed by atoms with E-state index in [1.165, 1.54) is 12.2 Å². The number of nitrogens with one attached hydrogen (secondary N) is 1. The average Bonchev–Trinajstić information content (AvgIpc) is 3.18. The monoisotopic (exact) mass is 538 g/mol. The summed E-state index contributed by atoms with van der Waals surface area (Å²) in [6.45, 7) is 8.24. The number of hydrogen-bond acceptors (Lipinski definition) is 4. The predicted octanol–water partition coefficient (Wildman–Crippen LogP) is 3.56. The maximum Gasteiger partial charge on any atom is 0.194 e. The summed E-state index contributed by atoms with van der Waals surface area (Å²) in [5, 5.41) is 4.25. The Bertz CT molecular complexity index is 636. The van der Waals surface area contributed by atoms with Gasteiger partial charge in [0.15, 0.2) is 5.96 Å². The lowest BCUT2D eigenvalue weighted by atomic mass is 9.96. The van der Waals surface area contributed by atoms with Crippen LogP contribution in [-0.2, 0) is 11.3 Å². The zero-order valence-corrected chi connectivity index (χ0v) is 20.7. The van der Waals surface area contributed by atoms with Crippen LogP contribution in [0.15, 0.2) is 29.3 Å². The van der Waals surface area contributed by atoms with Gasteiger partial charge in [0, 0.05) is 44.0 Å². The van der Waals surface area contributed by atoms with Crippen molar-refractivity contribution in [1.29, 1.82) is 0 Å². The van der Waals surface area contributed by atoms with Crippen LogP contribution in [0.2, 0.25) is 5.02 Å². The van der Waals surface area contributed by atoms with E-state index in [9.17, 15) is 0 Å². The number of morpholine rings is 1. The SMILES string of the molecule is CCNC(=NCC1(N2CCOCC2)CCSC1)N(C)Cc1ccccc1Cl.I. The summed E-state index contributed by atoms with van der Waals surface area (Å²) >= 11 is 8.40. The van der Waals surface area contributed by atoms with Gasteiger partial charge in [0.1, 0.15) is 0 Å². The van der Waals surface area contributed by atoms with Gasteiger partial charge >= 0.3 is 0 Å². The average molecular weight is 539 g/mol. The van der Waals surface area contributed by atoms with Crippen LogP contribution in [0.1, 0.15) is 18.9 Å². The summed E-state index contributed by atoms with van der Waals surface area (Å²) in [4.78, 5) is 9.84. The fourth-order valence-corrected chi connectivity index (χ4v) is 5.42. The highest BCUT2D eigenvalue weighted by Crippen LogP contribution is 2.34. The van der Waals surface area contributed by atoms with Crippen molar-refractivity contribution in [2.75, 3.05) is 57.9 Å². The number of hydrogen-bond donors (Lipinski definition) is 1. The minimum Gasteiger partial charge on any atom is -0.379 e.